The second-order valence-electron chi connectivity index (χ2n) is 6.33. The summed E-state index contributed by atoms with van der Waals surface area (Å²) in [4.78, 5) is 12.0. The lowest BCUT2D eigenvalue weighted by molar-refractivity contribution is -0.140. The van der Waals surface area contributed by atoms with Crippen LogP contribution < -0.4 is 0 Å². The van der Waals surface area contributed by atoms with Crippen LogP contribution in [0.1, 0.15) is 62.0 Å². The molecule has 0 radical (unpaired) electrons. The summed E-state index contributed by atoms with van der Waals surface area (Å²) in [6.07, 6.45) is 6.82. The Morgan fingerprint density at radius 2 is 2.00 bits per heavy atom. The van der Waals surface area contributed by atoms with E-state index in [9.17, 15) is 10.1 Å². The topological polar surface area (TPSA) is 78.8 Å². The molecule has 1 aliphatic carbocycles. The van der Waals surface area contributed by atoms with Crippen LogP contribution >= 0.6 is 0 Å². The van der Waals surface area contributed by atoms with Gasteiger partial charge in [-0.05, 0) is 51.3 Å². The van der Waals surface area contributed by atoms with Gasteiger partial charge in [0.2, 0.25) is 0 Å². The third kappa shape index (κ3) is 3.86. The molecule has 0 spiro atoms. The molecular formula is C19H23N3O2. The van der Waals surface area contributed by atoms with Crippen molar-refractivity contribution in [1.29, 1.82) is 10.5 Å². The maximum Gasteiger partial charge on any atom is 0.350 e. The van der Waals surface area contributed by atoms with Crippen LogP contribution in [0.4, 0.5) is 0 Å². The van der Waals surface area contributed by atoms with Gasteiger partial charge in [0, 0.05) is 17.4 Å². The Morgan fingerprint density at radius 3 is 2.58 bits per heavy atom. The van der Waals surface area contributed by atoms with Gasteiger partial charge in [-0.1, -0.05) is 19.3 Å². The van der Waals surface area contributed by atoms with Crippen LogP contribution in [0.3, 0.4) is 0 Å². The highest BCUT2D eigenvalue weighted by Crippen LogP contribution is 2.32. The van der Waals surface area contributed by atoms with Crippen molar-refractivity contribution in [2.45, 2.75) is 65.0 Å². The molecule has 0 unspecified atom stereocenters. The van der Waals surface area contributed by atoms with Crippen molar-refractivity contribution in [1.82, 2.24) is 4.57 Å². The maximum atomic E-state index is 12.0. The maximum absolute atomic E-state index is 12.0. The fourth-order valence-electron chi connectivity index (χ4n) is 3.39. The Labute approximate surface area is 143 Å². The second kappa shape index (κ2) is 7.84. The molecule has 1 aromatic heterocycles. The van der Waals surface area contributed by atoms with E-state index in [0.717, 1.165) is 17.0 Å². The zero-order chi connectivity index (χ0) is 17.7. The van der Waals surface area contributed by atoms with Crippen molar-refractivity contribution in [2.75, 3.05) is 0 Å². The first-order chi connectivity index (χ1) is 11.5. The summed E-state index contributed by atoms with van der Waals surface area (Å²) in [5, 5.41) is 18.0. The Balaban J connectivity index is 2.30. The summed E-state index contributed by atoms with van der Waals surface area (Å²) in [6, 6.07) is 6.21. The summed E-state index contributed by atoms with van der Waals surface area (Å²) < 4.78 is 7.24. The number of nitriles is 2. The Kier molecular flexibility index (Phi) is 5.82. The van der Waals surface area contributed by atoms with E-state index in [1.54, 1.807) is 6.08 Å². The molecule has 1 aromatic rings. The van der Waals surface area contributed by atoms with Crippen molar-refractivity contribution in [2.24, 2.45) is 0 Å². The standard InChI is InChI=1S/C19H23N3O2/c1-13-9-16(10-17(12-21)19(23)24-14(2)11-20)15(3)22(13)18-7-5-4-6-8-18/h9-10,14,18H,4-8H2,1-3H3/b17-10+/t14-/m0/s1. The molecule has 1 aliphatic rings. The average molecular weight is 325 g/mol. The highest BCUT2D eigenvalue weighted by atomic mass is 16.5. The van der Waals surface area contributed by atoms with E-state index in [2.05, 4.69) is 11.5 Å². The molecule has 0 saturated heterocycles. The number of carbonyl (C=O) groups excluding carboxylic acids is 1. The molecule has 1 atom stereocenters. The van der Waals surface area contributed by atoms with Gasteiger partial charge in [-0.2, -0.15) is 10.5 Å². The Bertz CT molecular complexity index is 725. The first kappa shape index (κ1) is 17.8. The minimum atomic E-state index is -0.871. The van der Waals surface area contributed by atoms with Crippen LogP contribution in [0.25, 0.3) is 6.08 Å². The van der Waals surface area contributed by atoms with Gasteiger partial charge in [-0.25, -0.2) is 4.79 Å². The molecule has 126 valence electrons. The van der Waals surface area contributed by atoms with Gasteiger partial charge in [-0.3, -0.25) is 0 Å². The van der Waals surface area contributed by atoms with E-state index in [4.69, 9.17) is 10.00 Å². The summed E-state index contributed by atoms with van der Waals surface area (Å²) in [6.45, 7) is 5.55. The summed E-state index contributed by atoms with van der Waals surface area (Å²) in [5.74, 6) is -0.756. The zero-order valence-electron chi connectivity index (χ0n) is 14.5. The van der Waals surface area contributed by atoms with Crippen molar-refractivity contribution < 1.29 is 9.53 Å². The number of aromatic nitrogens is 1. The number of hydrogen-bond acceptors (Lipinski definition) is 4. The predicted octanol–water partition coefficient (Wildman–Crippen LogP) is 3.97. The number of ether oxygens (including phenoxy) is 1. The lowest BCUT2D eigenvalue weighted by Crippen LogP contribution is -2.15. The van der Waals surface area contributed by atoms with E-state index in [1.807, 2.05) is 25.1 Å². The third-order valence-electron chi connectivity index (χ3n) is 4.57. The van der Waals surface area contributed by atoms with Gasteiger partial charge >= 0.3 is 5.97 Å². The molecule has 1 saturated carbocycles. The molecule has 1 fully saturated rings. The molecule has 0 amide bonds. The van der Waals surface area contributed by atoms with Crippen molar-refractivity contribution in [3.63, 3.8) is 0 Å². The van der Waals surface area contributed by atoms with Crippen molar-refractivity contribution in [3.05, 3.63) is 28.6 Å². The normalized spacial score (nSPS) is 17.0. The van der Waals surface area contributed by atoms with Crippen LogP contribution in [0, 0.1) is 36.5 Å². The molecule has 0 aromatic carbocycles. The second-order valence-corrected chi connectivity index (χ2v) is 6.33. The molecule has 0 aliphatic heterocycles. The number of aryl methyl sites for hydroxylation is 1. The van der Waals surface area contributed by atoms with Gasteiger partial charge in [0.25, 0.3) is 0 Å². The highest BCUT2D eigenvalue weighted by molar-refractivity contribution is 5.98. The molecule has 0 N–H and O–H groups in total. The predicted molar refractivity (Wildman–Crippen MR) is 90.8 cm³/mol. The average Bonchev–Trinajstić information content (AvgIpc) is 2.86. The van der Waals surface area contributed by atoms with Crippen LogP contribution in [0.5, 0.6) is 0 Å². The first-order valence-electron chi connectivity index (χ1n) is 8.38. The molecule has 5 heteroatoms. The van der Waals surface area contributed by atoms with E-state index in [0.29, 0.717) is 6.04 Å². The minimum absolute atomic E-state index is 0.0824. The lowest BCUT2D eigenvalue weighted by atomic mass is 9.95. The number of esters is 1. The van der Waals surface area contributed by atoms with Crippen LogP contribution in [-0.2, 0) is 9.53 Å². The molecule has 0 bridgehead atoms. The largest absolute Gasteiger partial charge is 0.443 e. The van der Waals surface area contributed by atoms with Crippen LogP contribution in [-0.4, -0.2) is 16.6 Å². The van der Waals surface area contributed by atoms with Crippen molar-refractivity contribution in [3.8, 4) is 12.1 Å². The Hall–Kier alpha value is -2.53. The van der Waals surface area contributed by atoms with E-state index in [-0.39, 0.29) is 5.57 Å². The zero-order valence-corrected chi connectivity index (χ0v) is 14.5. The quantitative estimate of drug-likeness (QED) is 0.476. The molecule has 1 heterocycles. The number of carbonyl (C=O) groups is 1. The van der Waals surface area contributed by atoms with Gasteiger partial charge in [0.05, 0.1) is 0 Å². The summed E-state index contributed by atoms with van der Waals surface area (Å²) in [7, 11) is 0. The molecule has 5 nitrogen and oxygen atoms in total. The first-order valence-corrected chi connectivity index (χ1v) is 8.38. The molecule has 2 rings (SSSR count). The fraction of sp³-hybridized carbons (Fsp3) is 0.526. The highest BCUT2D eigenvalue weighted by Gasteiger charge is 2.21. The van der Waals surface area contributed by atoms with E-state index >= 15 is 0 Å². The van der Waals surface area contributed by atoms with Gasteiger partial charge in [0.1, 0.15) is 17.7 Å². The van der Waals surface area contributed by atoms with Crippen LogP contribution in [0.2, 0.25) is 0 Å². The number of rotatable bonds is 4. The number of nitrogens with zero attached hydrogens (tertiary/aromatic N) is 3. The van der Waals surface area contributed by atoms with Gasteiger partial charge < -0.3 is 9.30 Å². The monoisotopic (exact) mass is 325 g/mol. The van der Waals surface area contributed by atoms with E-state index in [1.165, 1.54) is 39.0 Å². The van der Waals surface area contributed by atoms with E-state index < -0.39 is 12.1 Å². The smallest absolute Gasteiger partial charge is 0.350 e. The number of hydrogen-bond donors (Lipinski definition) is 0. The summed E-state index contributed by atoms with van der Waals surface area (Å²) >= 11 is 0. The van der Waals surface area contributed by atoms with Gasteiger partial charge in [0.15, 0.2) is 6.10 Å². The minimum Gasteiger partial charge on any atom is -0.443 e. The Morgan fingerprint density at radius 1 is 1.33 bits per heavy atom. The lowest BCUT2D eigenvalue weighted by Gasteiger charge is -2.26. The SMILES string of the molecule is Cc1cc(/C=C(\C#N)C(=O)O[C@@H](C)C#N)c(C)n1C1CCCCC1. The third-order valence-corrected chi connectivity index (χ3v) is 4.57. The van der Waals surface area contributed by atoms with Gasteiger partial charge in [-0.15, -0.1) is 0 Å². The summed E-state index contributed by atoms with van der Waals surface area (Å²) in [5.41, 5.74) is 2.98. The molecular weight excluding hydrogens is 302 g/mol. The van der Waals surface area contributed by atoms with Crippen LogP contribution in [0.15, 0.2) is 11.6 Å². The van der Waals surface area contributed by atoms with Crippen molar-refractivity contribution >= 4 is 12.0 Å². The molecule has 24 heavy (non-hydrogen) atoms. The fourth-order valence-corrected chi connectivity index (χ4v) is 3.39.